The summed E-state index contributed by atoms with van der Waals surface area (Å²) in [6, 6.07) is 3.10. The number of hydrogen-bond acceptors (Lipinski definition) is 5. The van der Waals surface area contributed by atoms with Gasteiger partial charge in [0.05, 0.1) is 10.5 Å². The summed E-state index contributed by atoms with van der Waals surface area (Å²) in [7, 11) is 0. The number of anilines is 1. The summed E-state index contributed by atoms with van der Waals surface area (Å²) < 4.78 is 0. The molecule has 1 aromatic rings. The van der Waals surface area contributed by atoms with Crippen molar-refractivity contribution in [3.05, 3.63) is 33.9 Å². The third-order valence-electron chi connectivity index (χ3n) is 2.35. The average Bonchev–Trinajstić information content (AvgIpc) is 2.27. The summed E-state index contributed by atoms with van der Waals surface area (Å²) in [5.74, 6) is -1.79. The zero-order chi connectivity index (χ0) is 14.6. The second-order valence-corrected chi connectivity index (χ2v) is 4.01. The smallest absolute Gasteiger partial charge is 0.335 e. The Bertz CT molecular complexity index is 529. The zero-order valence-electron chi connectivity index (χ0n) is 10.1. The number of nitrogens with one attached hydrogen (secondary N) is 1. The zero-order valence-corrected chi connectivity index (χ0v) is 10.1. The van der Waals surface area contributed by atoms with Gasteiger partial charge in [0.15, 0.2) is 0 Å². The van der Waals surface area contributed by atoms with Crippen LogP contribution in [0, 0.1) is 10.1 Å². The number of carboxylic acids is 1. The first-order valence-corrected chi connectivity index (χ1v) is 5.38. The van der Waals surface area contributed by atoms with Crippen LogP contribution < -0.4 is 11.1 Å². The van der Waals surface area contributed by atoms with E-state index in [-0.39, 0.29) is 23.4 Å². The molecule has 1 aromatic carbocycles. The highest BCUT2D eigenvalue weighted by molar-refractivity contribution is 5.89. The van der Waals surface area contributed by atoms with Gasteiger partial charge in [-0.3, -0.25) is 14.9 Å². The molecule has 0 bridgehead atoms. The Balaban J connectivity index is 3.03. The predicted octanol–water partition coefficient (Wildman–Crippen LogP) is 0.969. The molecular formula is C11H13N3O5. The first-order chi connectivity index (χ1) is 8.81. The number of primary amides is 1. The number of carbonyl (C=O) groups is 2. The molecule has 102 valence electrons. The van der Waals surface area contributed by atoms with Crippen LogP contribution in [0.2, 0.25) is 0 Å². The van der Waals surface area contributed by atoms with E-state index in [1.54, 1.807) is 6.92 Å². The Kier molecular flexibility index (Phi) is 4.41. The average molecular weight is 267 g/mol. The Hall–Kier alpha value is -2.64. The van der Waals surface area contributed by atoms with Gasteiger partial charge in [0.2, 0.25) is 5.91 Å². The van der Waals surface area contributed by atoms with Crippen LogP contribution in [-0.2, 0) is 4.79 Å². The molecule has 0 saturated carbocycles. The quantitative estimate of drug-likeness (QED) is 0.519. The largest absolute Gasteiger partial charge is 0.478 e. The summed E-state index contributed by atoms with van der Waals surface area (Å²) >= 11 is 0. The Morgan fingerprint density at radius 2 is 2.16 bits per heavy atom. The standard InChI is InChI=1S/C11H13N3O5/c1-6(4-10(12)15)13-8-3-2-7(11(16)17)5-9(8)14(18)19/h2-3,5-6,13H,4H2,1H3,(H2,12,15)(H,16,17). The maximum atomic E-state index is 10.9. The Labute approximate surface area is 108 Å². The number of nitrogens with zero attached hydrogens (tertiary/aromatic N) is 1. The lowest BCUT2D eigenvalue weighted by atomic mass is 10.1. The second-order valence-electron chi connectivity index (χ2n) is 4.01. The van der Waals surface area contributed by atoms with Gasteiger partial charge in [-0.1, -0.05) is 0 Å². The summed E-state index contributed by atoms with van der Waals surface area (Å²) in [5, 5.41) is 22.4. The van der Waals surface area contributed by atoms with Crippen molar-refractivity contribution in [1.82, 2.24) is 0 Å². The molecule has 0 aliphatic rings. The van der Waals surface area contributed by atoms with Gasteiger partial charge in [-0.2, -0.15) is 0 Å². The van der Waals surface area contributed by atoms with Gasteiger partial charge in [-0.25, -0.2) is 4.79 Å². The molecule has 0 saturated heterocycles. The van der Waals surface area contributed by atoms with Crippen molar-refractivity contribution in [2.24, 2.45) is 5.73 Å². The molecule has 0 heterocycles. The third-order valence-corrected chi connectivity index (χ3v) is 2.35. The van der Waals surface area contributed by atoms with Gasteiger partial charge in [-0.05, 0) is 19.1 Å². The molecule has 8 nitrogen and oxygen atoms in total. The van der Waals surface area contributed by atoms with E-state index in [1.807, 2.05) is 0 Å². The van der Waals surface area contributed by atoms with E-state index in [4.69, 9.17) is 10.8 Å². The van der Waals surface area contributed by atoms with Crippen LogP contribution in [0.4, 0.5) is 11.4 Å². The monoisotopic (exact) mass is 267 g/mol. The number of rotatable bonds is 6. The minimum Gasteiger partial charge on any atom is -0.478 e. The number of nitro groups is 1. The minimum atomic E-state index is -1.25. The number of amides is 1. The van der Waals surface area contributed by atoms with E-state index in [0.29, 0.717) is 0 Å². The fourth-order valence-corrected chi connectivity index (χ4v) is 1.56. The number of benzene rings is 1. The predicted molar refractivity (Wildman–Crippen MR) is 67.0 cm³/mol. The van der Waals surface area contributed by atoms with E-state index in [9.17, 15) is 19.7 Å². The van der Waals surface area contributed by atoms with E-state index >= 15 is 0 Å². The normalized spacial score (nSPS) is 11.6. The Morgan fingerprint density at radius 3 is 2.63 bits per heavy atom. The van der Waals surface area contributed by atoms with E-state index in [2.05, 4.69) is 5.32 Å². The lowest BCUT2D eigenvalue weighted by Gasteiger charge is -2.13. The van der Waals surface area contributed by atoms with Crippen LogP contribution in [0.1, 0.15) is 23.7 Å². The van der Waals surface area contributed by atoms with E-state index in [1.165, 1.54) is 12.1 Å². The molecule has 1 rings (SSSR count). The number of aromatic carboxylic acids is 1. The number of nitro benzene ring substituents is 1. The highest BCUT2D eigenvalue weighted by Crippen LogP contribution is 2.26. The number of carboxylic acid groups (broad SMARTS) is 1. The molecule has 19 heavy (non-hydrogen) atoms. The first-order valence-electron chi connectivity index (χ1n) is 5.38. The number of carbonyl (C=O) groups excluding carboxylic acids is 1. The molecule has 1 atom stereocenters. The molecular weight excluding hydrogens is 254 g/mol. The van der Waals surface area contributed by atoms with E-state index < -0.39 is 22.8 Å². The number of nitrogens with two attached hydrogens (primary N) is 1. The molecule has 1 unspecified atom stereocenters. The van der Waals surface area contributed by atoms with Crippen molar-refractivity contribution in [3.63, 3.8) is 0 Å². The molecule has 0 spiro atoms. The summed E-state index contributed by atoms with van der Waals surface area (Å²) in [6.45, 7) is 1.64. The minimum absolute atomic E-state index is 0.0117. The second kappa shape index (κ2) is 5.80. The summed E-state index contributed by atoms with van der Waals surface area (Å²) in [4.78, 5) is 31.7. The Morgan fingerprint density at radius 1 is 1.53 bits per heavy atom. The van der Waals surface area contributed by atoms with Crippen LogP contribution in [0.15, 0.2) is 18.2 Å². The van der Waals surface area contributed by atoms with Crippen molar-refractivity contribution in [1.29, 1.82) is 0 Å². The van der Waals surface area contributed by atoms with Crippen LogP contribution >= 0.6 is 0 Å². The molecule has 0 aromatic heterocycles. The maximum Gasteiger partial charge on any atom is 0.335 e. The SMILES string of the molecule is CC(CC(N)=O)Nc1ccc(C(=O)O)cc1[N+](=O)[O-]. The molecule has 0 aliphatic heterocycles. The fourth-order valence-electron chi connectivity index (χ4n) is 1.56. The summed E-state index contributed by atoms with van der Waals surface area (Å²) in [6.07, 6.45) is 0.0117. The first kappa shape index (κ1) is 14.4. The van der Waals surface area contributed by atoms with Gasteiger partial charge in [-0.15, -0.1) is 0 Å². The van der Waals surface area contributed by atoms with Crippen LogP contribution in [0.5, 0.6) is 0 Å². The lowest BCUT2D eigenvalue weighted by Crippen LogP contribution is -2.24. The third kappa shape index (κ3) is 3.95. The van der Waals surface area contributed by atoms with E-state index in [0.717, 1.165) is 6.07 Å². The van der Waals surface area contributed by atoms with Gasteiger partial charge in [0, 0.05) is 18.5 Å². The van der Waals surface area contributed by atoms with Crippen molar-refractivity contribution in [3.8, 4) is 0 Å². The van der Waals surface area contributed by atoms with Gasteiger partial charge >= 0.3 is 5.97 Å². The lowest BCUT2D eigenvalue weighted by molar-refractivity contribution is -0.384. The van der Waals surface area contributed by atoms with Crippen LogP contribution in [-0.4, -0.2) is 27.9 Å². The van der Waals surface area contributed by atoms with Gasteiger partial charge in [0.1, 0.15) is 5.69 Å². The van der Waals surface area contributed by atoms with Crippen molar-refractivity contribution in [2.45, 2.75) is 19.4 Å². The molecule has 0 fully saturated rings. The van der Waals surface area contributed by atoms with Gasteiger partial charge in [0.25, 0.3) is 5.69 Å². The molecule has 1 amide bonds. The molecule has 0 aliphatic carbocycles. The van der Waals surface area contributed by atoms with Gasteiger partial charge < -0.3 is 16.2 Å². The molecule has 0 radical (unpaired) electrons. The van der Waals surface area contributed by atoms with Crippen LogP contribution in [0.25, 0.3) is 0 Å². The van der Waals surface area contributed by atoms with Crippen molar-refractivity contribution >= 4 is 23.3 Å². The molecule has 4 N–H and O–H groups in total. The maximum absolute atomic E-state index is 10.9. The highest BCUT2D eigenvalue weighted by atomic mass is 16.6. The highest BCUT2D eigenvalue weighted by Gasteiger charge is 2.18. The fraction of sp³-hybridized carbons (Fsp3) is 0.273. The van der Waals surface area contributed by atoms with Crippen molar-refractivity contribution in [2.75, 3.05) is 5.32 Å². The molecule has 8 heteroatoms. The van der Waals surface area contributed by atoms with Crippen LogP contribution in [0.3, 0.4) is 0 Å². The topological polar surface area (TPSA) is 136 Å². The van der Waals surface area contributed by atoms with Crippen molar-refractivity contribution < 1.29 is 19.6 Å². The number of hydrogen-bond donors (Lipinski definition) is 3. The summed E-state index contributed by atoms with van der Waals surface area (Å²) in [5.41, 5.74) is 4.62.